The van der Waals surface area contributed by atoms with Gasteiger partial charge in [0, 0.05) is 11.1 Å². The van der Waals surface area contributed by atoms with Crippen LogP contribution in [0.4, 0.5) is 0 Å². The van der Waals surface area contributed by atoms with E-state index in [-0.39, 0.29) is 5.56 Å². The number of H-pyrrole nitrogens is 1. The Bertz CT molecular complexity index is 1050. The van der Waals surface area contributed by atoms with Gasteiger partial charge in [-0.2, -0.15) is 0 Å². The molecule has 0 saturated carbocycles. The highest BCUT2D eigenvalue weighted by Crippen LogP contribution is 2.28. The number of hydrogen-bond acceptors (Lipinski definition) is 6. The molecule has 0 fully saturated rings. The molecule has 0 aliphatic heterocycles. The average Bonchev–Trinajstić information content (AvgIpc) is 3.28. The maximum absolute atomic E-state index is 12.0. The molecule has 0 aliphatic rings. The van der Waals surface area contributed by atoms with Gasteiger partial charge in [-0.05, 0) is 42.2 Å². The second kappa shape index (κ2) is 5.60. The highest BCUT2D eigenvalue weighted by atomic mass is 32.1. The van der Waals surface area contributed by atoms with Crippen molar-refractivity contribution >= 4 is 44.5 Å². The van der Waals surface area contributed by atoms with Crippen LogP contribution in [0.25, 0.3) is 32.6 Å². The number of thiophene rings is 1. The minimum atomic E-state index is -0.112. The first-order chi connectivity index (χ1) is 11.2. The Kier molecular flexibility index (Phi) is 3.44. The van der Waals surface area contributed by atoms with E-state index in [4.69, 9.17) is 4.42 Å². The van der Waals surface area contributed by atoms with Crippen molar-refractivity contribution in [1.82, 2.24) is 15.0 Å². The summed E-state index contributed by atoms with van der Waals surface area (Å²) < 4.78 is 5.35. The standard InChI is InChI=1S/C16H11N3O2S2/c1-9(13-18-14(20)11-4-6-22-15(11)19-13)7-10-8-17-16(23-10)12-3-2-5-21-12/h2-8H,1H3,(H,18,19,20)/b9-7+. The third-order valence-corrected chi connectivity index (χ3v) is 5.09. The lowest BCUT2D eigenvalue weighted by Crippen LogP contribution is -2.09. The van der Waals surface area contributed by atoms with Crippen molar-refractivity contribution < 1.29 is 4.42 Å². The van der Waals surface area contributed by atoms with Crippen molar-refractivity contribution in [2.45, 2.75) is 6.92 Å². The van der Waals surface area contributed by atoms with Crippen molar-refractivity contribution in [3.63, 3.8) is 0 Å². The number of hydrogen-bond donors (Lipinski definition) is 1. The van der Waals surface area contributed by atoms with E-state index < -0.39 is 0 Å². The maximum atomic E-state index is 12.0. The van der Waals surface area contributed by atoms with E-state index in [1.807, 2.05) is 30.5 Å². The van der Waals surface area contributed by atoms with E-state index >= 15 is 0 Å². The lowest BCUT2D eigenvalue weighted by Gasteiger charge is -2.00. The highest BCUT2D eigenvalue weighted by molar-refractivity contribution is 7.16. The predicted octanol–water partition coefficient (Wildman–Crippen LogP) is 4.26. The van der Waals surface area contributed by atoms with Gasteiger partial charge in [-0.15, -0.1) is 22.7 Å². The van der Waals surface area contributed by atoms with Crippen LogP contribution in [-0.4, -0.2) is 15.0 Å². The van der Waals surface area contributed by atoms with Crippen LogP contribution in [0.1, 0.15) is 17.6 Å². The van der Waals surface area contributed by atoms with Crippen LogP contribution in [-0.2, 0) is 0 Å². The van der Waals surface area contributed by atoms with Crippen molar-refractivity contribution in [3.8, 4) is 10.8 Å². The van der Waals surface area contributed by atoms with Gasteiger partial charge in [0.05, 0.1) is 11.6 Å². The summed E-state index contributed by atoms with van der Waals surface area (Å²) >= 11 is 2.99. The fourth-order valence-electron chi connectivity index (χ4n) is 2.20. The summed E-state index contributed by atoms with van der Waals surface area (Å²) in [5.74, 6) is 1.33. The predicted molar refractivity (Wildman–Crippen MR) is 93.6 cm³/mol. The maximum Gasteiger partial charge on any atom is 0.259 e. The molecule has 0 aliphatic carbocycles. The van der Waals surface area contributed by atoms with Gasteiger partial charge in [0.15, 0.2) is 10.8 Å². The van der Waals surface area contributed by atoms with Crippen LogP contribution in [0.2, 0.25) is 0 Å². The van der Waals surface area contributed by atoms with Gasteiger partial charge in [-0.3, -0.25) is 4.79 Å². The molecule has 4 heterocycles. The molecular weight excluding hydrogens is 330 g/mol. The highest BCUT2D eigenvalue weighted by Gasteiger charge is 2.09. The molecule has 23 heavy (non-hydrogen) atoms. The smallest absolute Gasteiger partial charge is 0.259 e. The van der Waals surface area contributed by atoms with E-state index in [1.54, 1.807) is 18.5 Å². The number of furan rings is 1. The van der Waals surface area contributed by atoms with E-state index in [0.717, 1.165) is 26.0 Å². The van der Waals surface area contributed by atoms with Crippen molar-refractivity contribution in [1.29, 1.82) is 0 Å². The molecule has 4 rings (SSSR count). The van der Waals surface area contributed by atoms with Crippen molar-refractivity contribution in [3.05, 3.63) is 57.1 Å². The lowest BCUT2D eigenvalue weighted by molar-refractivity contribution is 0.582. The lowest BCUT2D eigenvalue weighted by atomic mass is 10.2. The summed E-state index contributed by atoms with van der Waals surface area (Å²) in [7, 11) is 0. The molecule has 0 radical (unpaired) electrons. The van der Waals surface area contributed by atoms with Gasteiger partial charge in [-0.1, -0.05) is 0 Å². The molecule has 0 aromatic carbocycles. The second-order valence-electron chi connectivity index (χ2n) is 4.93. The quantitative estimate of drug-likeness (QED) is 0.604. The zero-order valence-electron chi connectivity index (χ0n) is 12.1. The summed E-state index contributed by atoms with van der Waals surface area (Å²) in [6, 6.07) is 5.50. The summed E-state index contributed by atoms with van der Waals surface area (Å²) in [5.41, 5.74) is 0.770. The SMILES string of the molecule is C/C(=C\c1cnc(-c2ccco2)s1)c1nc2sccc2c(=O)[nH]1. The Labute approximate surface area is 139 Å². The topological polar surface area (TPSA) is 71.8 Å². The Morgan fingerprint density at radius 2 is 2.30 bits per heavy atom. The number of nitrogens with one attached hydrogen (secondary N) is 1. The third-order valence-electron chi connectivity index (χ3n) is 3.32. The van der Waals surface area contributed by atoms with Crippen LogP contribution < -0.4 is 5.56 Å². The van der Waals surface area contributed by atoms with Crippen LogP contribution in [0.15, 0.2) is 45.3 Å². The van der Waals surface area contributed by atoms with E-state index in [0.29, 0.717) is 11.2 Å². The number of rotatable bonds is 3. The summed E-state index contributed by atoms with van der Waals surface area (Å²) in [6.07, 6.45) is 5.37. The number of aromatic nitrogens is 3. The normalized spacial score (nSPS) is 12.1. The third kappa shape index (κ3) is 2.64. The molecule has 4 aromatic rings. The molecule has 7 heteroatoms. The zero-order chi connectivity index (χ0) is 15.8. The first-order valence-corrected chi connectivity index (χ1v) is 8.56. The van der Waals surface area contributed by atoms with Crippen LogP contribution in [0, 0.1) is 0 Å². The molecule has 1 N–H and O–H groups in total. The molecule has 5 nitrogen and oxygen atoms in total. The Morgan fingerprint density at radius 3 is 3.13 bits per heavy atom. The monoisotopic (exact) mass is 341 g/mol. The molecule has 0 bridgehead atoms. The Morgan fingerprint density at radius 1 is 1.39 bits per heavy atom. The van der Waals surface area contributed by atoms with Gasteiger partial charge < -0.3 is 9.40 Å². The number of fused-ring (bicyclic) bond motifs is 1. The minimum absolute atomic E-state index is 0.112. The van der Waals surface area contributed by atoms with Crippen molar-refractivity contribution in [2.24, 2.45) is 0 Å². The first-order valence-electron chi connectivity index (χ1n) is 6.86. The van der Waals surface area contributed by atoms with Gasteiger partial charge in [0.1, 0.15) is 10.7 Å². The van der Waals surface area contributed by atoms with Gasteiger partial charge >= 0.3 is 0 Å². The second-order valence-corrected chi connectivity index (χ2v) is 6.88. The van der Waals surface area contributed by atoms with Crippen molar-refractivity contribution in [2.75, 3.05) is 0 Å². The fraction of sp³-hybridized carbons (Fsp3) is 0.0625. The Balaban J connectivity index is 1.71. The van der Waals surface area contributed by atoms with E-state index in [9.17, 15) is 4.79 Å². The zero-order valence-corrected chi connectivity index (χ0v) is 13.7. The molecular formula is C16H11N3O2S2. The summed E-state index contributed by atoms with van der Waals surface area (Å²) in [5, 5.41) is 3.32. The van der Waals surface area contributed by atoms with Crippen LogP contribution in [0.5, 0.6) is 0 Å². The van der Waals surface area contributed by atoms with Crippen LogP contribution in [0.3, 0.4) is 0 Å². The molecule has 0 saturated heterocycles. The number of thiazole rings is 1. The molecule has 0 spiro atoms. The molecule has 0 amide bonds. The summed E-state index contributed by atoms with van der Waals surface area (Å²) in [6.45, 7) is 1.92. The number of allylic oxidation sites excluding steroid dienone is 1. The number of aromatic amines is 1. The Hall–Kier alpha value is -2.51. The molecule has 114 valence electrons. The van der Waals surface area contributed by atoms with Gasteiger partial charge in [-0.25, -0.2) is 9.97 Å². The largest absolute Gasteiger partial charge is 0.462 e. The van der Waals surface area contributed by atoms with E-state index in [2.05, 4.69) is 15.0 Å². The molecule has 0 atom stereocenters. The van der Waals surface area contributed by atoms with E-state index in [1.165, 1.54) is 22.7 Å². The average molecular weight is 341 g/mol. The van der Waals surface area contributed by atoms with Gasteiger partial charge in [0.2, 0.25) is 0 Å². The first kappa shape index (κ1) is 14.1. The molecule has 0 unspecified atom stereocenters. The minimum Gasteiger partial charge on any atom is -0.462 e. The summed E-state index contributed by atoms with van der Waals surface area (Å²) in [4.78, 5) is 25.5. The molecule has 4 aromatic heterocycles. The van der Waals surface area contributed by atoms with Gasteiger partial charge in [0.25, 0.3) is 5.56 Å². The van der Waals surface area contributed by atoms with Crippen LogP contribution >= 0.6 is 22.7 Å². The number of nitrogens with zero attached hydrogens (tertiary/aromatic N) is 2. The fourth-order valence-corrected chi connectivity index (χ4v) is 3.85.